The molecule has 0 aliphatic carbocycles. The van der Waals surface area contributed by atoms with Gasteiger partial charge in [0, 0.05) is 11.9 Å². The smallest absolute Gasteiger partial charge is 0.189 e. The molecular weight excluding hydrogens is 422 g/mol. The molecule has 2 N–H and O–H groups in total. The van der Waals surface area contributed by atoms with Crippen molar-refractivity contribution in [2.45, 2.75) is 0 Å². The Morgan fingerprint density at radius 2 is 1.86 bits per heavy atom. The van der Waals surface area contributed by atoms with Crippen molar-refractivity contribution < 1.29 is 4.39 Å². The van der Waals surface area contributed by atoms with Gasteiger partial charge in [-0.3, -0.25) is 0 Å². The summed E-state index contributed by atoms with van der Waals surface area (Å²) in [6, 6.07) is 9.77. The number of pyridine rings is 2. The fourth-order valence-corrected chi connectivity index (χ4v) is 3.67. The minimum absolute atomic E-state index is 0.0179. The average molecular weight is 431 g/mol. The molecule has 0 spiro atoms. The summed E-state index contributed by atoms with van der Waals surface area (Å²) in [4.78, 5) is 12.7. The lowest BCUT2D eigenvalue weighted by Gasteiger charge is -2.09. The van der Waals surface area contributed by atoms with E-state index in [1.165, 1.54) is 35.7 Å². The van der Waals surface area contributed by atoms with Crippen molar-refractivity contribution >= 4 is 67.1 Å². The van der Waals surface area contributed by atoms with Gasteiger partial charge in [-0.05, 0) is 30.3 Å². The van der Waals surface area contributed by atoms with Crippen LogP contribution in [0.5, 0.6) is 0 Å². The number of fused-ring (bicyclic) bond motifs is 1. The molecule has 10 heteroatoms. The monoisotopic (exact) mass is 430 g/mol. The van der Waals surface area contributed by atoms with E-state index < -0.39 is 5.82 Å². The van der Waals surface area contributed by atoms with Gasteiger partial charge in [0.05, 0.1) is 28.2 Å². The number of hydrogen-bond donors (Lipinski definition) is 2. The van der Waals surface area contributed by atoms with Crippen molar-refractivity contribution in [1.29, 1.82) is 5.26 Å². The Morgan fingerprint density at radius 3 is 2.57 bits per heavy atom. The highest BCUT2D eigenvalue weighted by Crippen LogP contribution is 2.36. The Labute approximate surface area is 172 Å². The van der Waals surface area contributed by atoms with Gasteiger partial charge in [0.1, 0.15) is 21.7 Å². The van der Waals surface area contributed by atoms with Crippen molar-refractivity contribution in [3.05, 3.63) is 64.3 Å². The fraction of sp³-hybridized carbons (Fsp3) is 0. The van der Waals surface area contributed by atoms with E-state index in [0.717, 1.165) is 0 Å². The lowest BCUT2D eigenvalue weighted by molar-refractivity contribution is 0.628. The number of halogens is 3. The number of hydrogen-bond acceptors (Lipinski definition) is 7. The zero-order valence-electron chi connectivity index (χ0n) is 13.9. The maximum Gasteiger partial charge on any atom is 0.189 e. The first-order valence-electron chi connectivity index (χ1n) is 7.84. The van der Waals surface area contributed by atoms with Crippen molar-refractivity contribution in [2.75, 3.05) is 10.6 Å². The molecule has 0 saturated heterocycles. The predicted molar refractivity (Wildman–Crippen MR) is 109 cm³/mol. The van der Waals surface area contributed by atoms with E-state index in [2.05, 4.69) is 31.7 Å². The van der Waals surface area contributed by atoms with Gasteiger partial charge in [-0.25, -0.2) is 14.4 Å². The van der Waals surface area contributed by atoms with Crippen LogP contribution in [0.15, 0.2) is 42.7 Å². The third-order valence-corrected chi connectivity index (χ3v) is 5.20. The number of thiazole rings is 1. The number of anilines is 4. The number of rotatable bonds is 4. The van der Waals surface area contributed by atoms with Crippen LogP contribution in [-0.4, -0.2) is 15.0 Å². The Bertz CT molecular complexity index is 1220. The lowest BCUT2D eigenvalue weighted by atomic mass is 10.2. The number of nitrogens with zero attached hydrogens (tertiary/aromatic N) is 4. The summed E-state index contributed by atoms with van der Waals surface area (Å²) in [5.41, 5.74) is 2.57. The van der Waals surface area contributed by atoms with Gasteiger partial charge >= 0.3 is 0 Å². The van der Waals surface area contributed by atoms with Crippen molar-refractivity contribution in [2.24, 2.45) is 0 Å². The van der Waals surface area contributed by atoms with Crippen molar-refractivity contribution in [1.82, 2.24) is 15.0 Å². The van der Waals surface area contributed by atoms with Crippen LogP contribution >= 0.6 is 34.5 Å². The fourth-order valence-electron chi connectivity index (χ4n) is 2.43. The Kier molecular flexibility index (Phi) is 4.96. The molecule has 4 aromatic rings. The molecule has 0 bridgehead atoms. The highest BCUT2D eigenvalue weighted by atomic mass is 35.5. The first-order chi connectivity index (χ1) is 13.5. The third-order valence-electron chi connectivity index (χ3n) is 3.71. The number of nitrogens with one attached hydrogen (secondary N) is 2. The molecule has 28 heavy (non-hydrogen) atoms. The maximum atomic E-state index is 13.4. The van der Waals surface area contributed by atoms with Crippen molar-refractivity contribution in [3.63, 3.8) is 0 Å². The minimum Gasteiger partial charge on any atom is -0.353 e. The van der Waals surface area contributed by atoms with E-state index in [0.29, 0.717) is 43.3 Å². The molecule has 0 aliphatic rings. The summed E-state index contributed by atoms with van der Waals surface area (Å²) in [5, 5.41) is 16.6. The molecule has 0 amide bonds. The second-order valence-electron chi connectivity index (χ2n) is 5.58. The third kappa shape index (κ3) is 3.68. The topological polar surface area (TPSA) is 86.5 Å². The van der Waals surface area contributed by atoms with Crippen LogP contribution in [-0.2, 0) is 0 Å². The van der Waals surface area contributed by atoms with Gasteiger partial charge in [0.15, 0.2) is 10.8 Å². The molecule has 4 rings (SSSR count). The van der Waals surface area contributed by atoms with Gasteiger partial charge in [-0.15, -0.1) is 0 Å². The number of aromatic nitrogens is 3. The van der Waals surface area contributed by atoms with E-state index in [4.69, 9.17) is 23.2 Å². The molecule has 0 atom stereocenters. The van der Waals surface area contributed by atoms with Crippen LogP contribution in [0.3, 0.4) is 0 Å². The molecule has 3 heterocycles. The zero-order chi connectivity index (χ0) is 19.7. The second kappa shape index (κ2) is 7.56. The van der Waals surface area contributed by atoms with Crippen LogP contribution in [0, 0.1) is 17.1 Å². The van der Waals surface area contributed by atoms with Crippen LogP contribution < -0.4 is 10.6 Å². The predicted octanol–water partition coefficient (Wildman–Crippen LogP) is 5.89. The molecule has 0 saturated carbocycles. The Morgan fingerprint density at radius 1 is 1.04 bits per heavy atom. The highest BCUT2D eigenvalue weighted by molar-refractivity contribution is 7.22. The first-order valence-corrected chi connectivity index (χ1v) is 9.41. The normalized spacial score (nSPS) is 10.6. The van der Waals surface area contributed by atoms with E-state index >= 15 is 0 Å². The summed E-state index contributed by atoms with van der Waals surface area (Å²) >= 11 is 13.0. The van der Waals surface area contributed by atoms with Crippen LogP contribution in [0.2, 0.25) is 10.2 Å². The maximum absolute atomic E-state index is 13.4. The molecule has 0 aliphatic heterocycles. The van der Waals surface area contributed by atoms with E-state index in [9.17, 15) is 9.65 Å². The van der Waals surface area contributed by atoms with Gasteiger partial charge < -0.3 is 10.6 Å². The van der Waals surface area contributed by atoms with Gasteiger partial charge in [-0.2, -0.15) is 10.2 Å². The molecule has 0 radical (unpaired) electrons. The van der Waals surface area contributed by atoms with Crippen LogP contribution in [0.1, 0.15) is 5.56 Å². The average Bonchev–Trinajstić information content (AvgIpc) is 3.10. The molecule has 1 aromatic carbocycles. The molecule has 6 nitrogen and oxygen atoms in total. The summed E-state index contributed by atoms with van der Waals surface area (Å²) in [7, 11) is 0. The molecule has 138 valence electrons. The number of benzene rings is 1. The Hall–Kier alpha value is -2.99. The molecular formula is C18H9Cl2FN6S. The molecule has 0 unspecified atom stereocenters. The van der Waals surface area contributed by atoms with Gasteiger partial charge in [0.25, 0.3) is 0 Å². The molecule has 3 aromatic heterocycles. The lowest BCUT2D eigenvalue weighted by Crippen LogP contribution is -1.96. The Balaban J connectivity index is 1.73. The van der Waals surface area contributed by atoms with Crippen LogP contribution in [0.4, 0.5) is 26.6 Å². The minimum atomic E-state index is -0.520. The zero-order valence-corrected chi connectivity index (χ0v) is 16.2. The quantitative estimate of drug-likeness (QED) is 0.392. The standard InChI is InChI=1S/C18H9Cl2FN6S/c19-12-5-10(1-3-13(12)21)25-15-9(6-22)7-24-17-16(15)28-18(27-17)26-11-2-4-14(20)23-8-11/h1-5,7-8H,(H2,24,25,26,27). The summed E-state index contributed by atoms with van der Waals surface area (Å²) in [6.45, 7) is 0. The summed E-state index contributed by atoms with van der Waals surface area (Å²) in [5.74, 6) is -0.520. The molecule has 0 fully saturated rings. The SMILES string of the molecule is N#Cc1cnc2nc(Nc3ccc(Cl)nc3)sc2c1Nc1ccc(F)c(Cl)c1. The van der Waals surface area contributed by atoms with Crippen LogP contribution in [0.25, 0.3) is 10.3 Å². The summed E-state index contributed by atoms with van der Waals surface area (Å²) in [6.07, 6.45) is 3.02. The summed E-state index contributed by atoms with van der Waals surface area (Å²) < 4.78 is 14.1. The first kappa shape index (κ1) is 18.4. The largest absolute Gasteiger partial charge is 0.353 e. The van der Waals surface area contributed by atoms with E-state index in [1.807, 2.05) is 0 Å². The second-order valence-corrected chi connectivity index (χ2v) is 7.37. The van der Waals surface area contributed by atoms with Crippen molar-refractivity contribution in [3.8, 4) is 6.07 Å². The van der Waals surface area contributed by atoms with Gasteiger partial charge in [-0.1, -0.05) is 34.5 Å². The van der Waals surface area contributed by atoms with E-state index in [-0.39, 0.29) is 5.02 Å². The highest BCUT2D eigenvalue weighted by Gasteiger charge is 2.15. The van der Waals surface area contributed by atoms with E-state index in [1.54, 1.807) is 18.3 Å². The van der Waals surface area contributed by atoms with Gasteiger partial charge in [0.2, 0.25) is 0 Å². The number of nitriles is 1.